The summed E-state index contributed by atoms with van der Waals surface area (Å²) in [5.41, 5.74) is 2.81. The summed E-state index contributed by atoms with van der Waals surface area (Å²) in [5.74, 6) is 0.964. The van der Waals surface area contributed by atoms with Gasteiger partial charge < -0.3 is 10.2 Å². The van der Waals surface area contributed by atoms with Gasteiger partial charge in [0.2, 0.25) is 0 Å². The summed E-state index contributed by atoms with van der Waals surface area (Å²) in [6.45, 7) is 15.8. The average molecular weight is 471 g/mol. The first-order valence-corrected chi connectivity index (χ1v) is 13.6. The third-order valence-electron chi connectivity index (χ3n) is 12.0. The molecule has 0 radical (unpaired) electrons. The fourth-order valence-electron chi connectivity index (χ4n) is 10.1. The minimum Gasteiger partial charge on any atom is -0.481 e. The van der Waals surface area contributed by atoms with Crippen molar-refractivity contribution in [2.45, 2.75) is 105 Å². The van der Waals surface area contributed by atoms with E-state index in [0.29, 0.717) is 45.5 Å². The predicted molar refractivity (Wildman–Crippen MR) is 135 cm³/mol. The normalized spacial score (nSPS) is 43.9. The Balaban J connectivity index is 1.56. The molecule has 4 aliphatic rings. The minimum absolute atomic E-state index is 0.160. The Morgan fingerprint density at radius 3 is 2.38 bits per heavy atom. The van der Waals surface area contributed by atoms with E-state index in [1.54, 1.807) is 6.92 Å². The van der Waals surface area contributed by atoms with Crippen molar-refractivity contribution in [1.82, 2.24) is 0 Å². The molecular formula is C30H46O4. The summed E-state index contributed by atoms with van der Waals surface area (Å²) in [7, 11) is 0. The number of carbonyl (C=O) groups is 2. The highest BCUT2D eigenvalue weighted by atomic mass is 16.4. The van der Waals surface area contributed by atoms with Crippen LogP contribution in [0.5, 0.6) is 0 Å². The zero-order valence-corrected chi connectivity index (χ0v) is 22.1. The van der Waals surface area contributed by atoms with Crippen LogP contribution in [-0.2, 0) is 9.59 Å². The van der Waals surface area contributed by atoms with Gasteiger partial charge in [-0.25, -0.2) is 4.79 Å². The van der Waals surface area contributed by atoms with E-state index in [1.807, 2.05) is 6.08 Å². The van der Waals surface area contributed by atoms with Crippen molar-refractivity contribution in [3.05, 3.63) is 23.8 Å². The van der Waals surface area contributed by atoms with Crippen LogP contribution in [0.25, 0.3) is 0 Å². The van der Waals surface area contributed by atoms with Crippen molar-refractivity contribution in [3.63, 3.8) is 0 Å². The third-order valence-corrected chi connectivity index (χ3v) is 12.0. The van der Waals surface area contributed by atoms with Gasteiger partial charge in [-0.15, -0.1) is 0 Å². The van der Waals surface area contributed by atoms with E-state index in [4.69, 9.17) is 5.11 Å². The van der Waals surface area contributed by atoms with E-state index < -0.39 is 11.9 Å². The lowest BCUT2D eigenvalue weighted by Gasteiger charge is -2.61. The summed E-state index contributed by atoms with van der Waals surface area (Å²) in [4.78, 5) is 22.7. The standard InChI is InChI=1S/C30H46O4/c1-19(2)22-10-11-24-28(6)14-12-23(20(3)8-7-9-21(4)26(33)34)27(28,5)16-17-30(24)18-29(22,30)15-13-25(31)32/h9,20,22-24H,1,7-8,10-18H2,2-6H3,(H,31,32)(H,33,34)/b21-9-/t20-,22+,23-,24+,27-,28+,29-,30+/m0/s1. The fourth-order valence-corrected chi connectivity index (χ4v) is 10.1. The molecule has 2 N–H and O–H groups in total. The van der Waals surface area contributed by atoms with Gasteiger partial charge in [-0.1, -0.05) is 39.0 Å². The van der Waals surface area contributed by atoms with Crippen LogP contribution in [-0.4, -0.2) is 22.2 Å². The molecule has 0 aromatic heterocycles. The Kier molecular flexibility index (Phi) is 6.39. The summed E-state index contributed by atoms with van der Waals surface area (Å²) in [6.07, 6.45) is 13.6. The van der Waals surface area contributed by atoms with Crippen LogP contribution in [0.1, 0.15) is 105 Å². The highest BCUT2D eigenvalue weighted by Gasteiger charge is 2.80. The highest BCUT2D eigenvalue weighted by Crippen LogP contribution is 2.87. The van der Waals surface area contributed by atoms with Crippen LogP contribution in [0, 0.1) is 45.3 Å². The molecule has 34 heavy (non-hydrogen) atoms. The first kappa shape index (κ1) is 25.5. The quantitative estimate of drug-likeness (QED) is 0.270. The lowest BCUT2D eigenvalue weighted by Crippen LogP contribution is -2.54. The van der Waals surface area contributed by atoms with E-state index in [9.17, 15) is 14.7 Å². The van der Waals surface area contributed by atoms with Crippen molar-refractivity contribution in [1.29, 1.82) is 0 Å². The number of rotatable bonds is 9. The molecule has 4 saturated carbocycles. The van der Waals surface area contributed by atoms with Crippen molar-refractivity contribution >= 4 is 11.9 Å². The highest BCUT2D eigenvalue weighted by molar-refractivity contribution is 5.85. The molecular weight excluding hydrogens is 424 g/mol. The molecule has 4 heteroatoms. The van der Waals surface area contributed by atoms with E-state index >= 15 is 0 Å². The van der Waals surface area contributed by atoms with Crippen LogP contribution in [0.4, 0.5) is 0 Å². The molecule has 0 aliphatic heterocycles. The summed E-state index contributed by atoms with van der Waals surface area (Å²) >= 11 is 0. The van der Waals surface area contributed by atoms with Crippen molar-refractivity contribution in [3.8, 4) is 0 Å². The average Bonchev–Trinajstić information content (AvgIpc) is 3.35. The molecule has 190 valence electrons. The Hall–Kier alpha value is -1.58. The molecule has 0 aromatic rings. The third kappa shape index (κ3) is 3.53. The molecule has 0 aromatic carbocycles. The number of carboxylic acids is 2. The predicted octanol–water partition coefficient (Wildman–Crippen LogP) is 7.49. The lowest BCUT2D eigenvalue weighted by molar-refractivity contribution is -0.139. The first-order valence-electron chi connectivity index (χ1n) is 13.6. The molecule has 0 heterocycles. The van der Waals surface area contributed by atoms with Gasteiger partial charge in [0.1, 0.15) is 0 Å². The molecule has 0 unspecified atom stereocenters. The molecule has 4 aliphatic carbocycles. The van der Waals surface area contributed by atoms with Crippen molar-refractivity contribution in [2.24, 2.45) is 45.3 Å². The Morgan fingerprint density at radius 2 is 1.76 bits per heavy atom. The van der Waals surface area contributed by atoms with Crippen molar-refractivity contribution < 1.29 is 19.8 Å². The SMILES string of the molecule is C=C(C)[C@H]1CC[C@H]2[C@@]3(CC[C@@]4(C)[C@H]([C@@H](C)CC/C=C(/C)C(=O)O)CC[C@]24C)C[C@@]13CCC(=O)O. The second-order valence-electron chi connectivity index (χ2n) is 13.1. The second-order valence-corrected chi connectivity index (χ2v) is 13.1. The topological polar surface area (TPSA) is 74.6 Å². The van der Waals surface area contributed by atoms with Gasteiger partial charge >= 0.3 is 11.9 Å². The van der Waals surface area contributed by atoms with E-state index in [-0.39, 0.29) is 11.8 Å². The molecule has 1 spiro atoms. The van der Waals surface area contributed by atoms with Gasteiger partial charge in [0, 0.05) is 12.0 Å². The number of allylic oxidation sites excluding steroid dienone is 2. The van der Waals surface area contributed by atoms with Crippen LogP contribution < -0.4 is 0 Å². The summed E-state index contributed by atoms with van der Waals surface area (Å²) < 4.78 is 0. The van der Waals surface area contributed by atoms with Gasteiger partial charge in [0.05, 0.1) is 0 Å². The van der Waals surface area contributed by atoms with Crippen LogP contribution in [0.15, 0.2) is 23.8 Å². The van der Waals surface area contributed by atoms with E-state index in [0.717, 1.165) is 19.3 Å². The Morgan fingerprint density at radius 1 is 1.06 bits per heavy atom. The molecule has 4 fully saturated rings. The maximum absolute atomic E-state index is 11.6. The van der Waals surface area contributed by atoms with Gasteiger partial charge in [0.25, 0.3) is 0 Å². The van der Waals surface area contributed by atoms with Gasteiger partial charge in [-0.3, -0.25) is 4.79 Å². The molecule has 4 nitrogen and oxygen atoms in total. The van der Waals surface area contributed by atoms with Crippen LogP contribution >= 0.6 is 0 Å². The smallest absolute Gasteiger partial charge is 0.330 e. The van der Waals surface area contributed by atoms with E-state index in [1.165, 1.54) is 50.5 Å². The molecule has 4 rings (SSSR count). The van der Waals surface area contributed by atoms with Crippen LogP contribution in [0.2, 0.25) is 0 Å². The minimum atomic E-state index is -0.813. The number of carboxylic acid groups (broad SMARTS) is 2. The number of hydrogen-bond donors (Lipinski definition) is 2. The van der Waals surface area contributed by atoms with E-state index in [2.05, 4.69) is 34.3 Å². The largest absolute Gasteiger partial charge is 0.481 e. The maximum atomic E-state index is 11.6. The zero-order valence-electron chi connectivity index (χ0n) is 22.1. The first-order chi connectivity index (χ1) is 15.8. The lowest BCUT2D eigenvalue weighted by atomic mass is 9.43. The number of hydrogen-bond acceptors (Lipinski definition) is 2. The zero-order chi connectivity index (χ0) is 25.1. The van der Waals surface area contributed by atoms with Gasteiger partial charge in [-0.2, -0.15) is 0 Å². The van der Waals surface area contributed by atoms with Gasteiger partial charge in [0.15, 0.2) is 0 Å². The fraction of sp³-hybridized carbons (Fsp3) is 0.800. The maximum Gasteiger partial charge on any atom is 0.330 e. The van der Waals surface area contributed by atoms with Gasteiger partial charge in [-0.05, 0) is 123 Å². The number of fused-ring (bicyclic) bond motifs is 2. The Bertz CT molecular complexity index is 903. The Labute approximate surface area is 206 Å². The second kappa shape index (κ2) is 8.52. The molecule has 0 bridgehead atoms. The molecule has 0 saturated heterocycles. The summed E-state index contributed by atoms with van der Waals surface area (Å²) in [6, 6.07) is 0. The number of aliphatic carboxylic acids is 2. The monoisotopic (exact) mass is 470 g/mol. The molecule has 8 atom stereocenters. The molecule has 0 amide bonds. The summed E-state index contributed by atoms with van der Waals surface area (Å²) in [5, 5.41) is 18.7. The van der Waals surface area contributed by atoms with Crippen LogP contribution in [0.3, 0.4) is 0 Å². The van der Waals surface area contributed by atoms with Crippen molar-refractivity contribution in [2.75, 3.05) is 0 Å².